The maximum Gasteiger partial charge on any atom is 0.252 e. The van der Waals surface area contributed by atoms with Gasteiger partial charge in [0.15, 0.2) is 0 Å². The Hall–Kier alpha value is -3.04. The largest absolute Gasteiger partial charge is 0.324 e. The van der Waals surface area contributed by atoms with E-state index in [2.05, 4.69) is 11.4 Å². The van der Waals surface area contributed by atoms with Crippen LogP contribution in [-0.2, 0) is 11.3 Å². The van der Waals surface area contributed by atoms with Crippen molar-refractivity contribution >= 4 is 34.3 Å². The molecule has 1 heterocycles. The number of hydrogen-bond acceptors (Lipinski definition) is 4. The number of fused-ring (bicyclic) bond motifs is 1. The van der Waals surface area contributed by atoms with Crippen LogP contribution >= 0.6 is 11.8 Å². The molecule has 5 nitrogen and oxygen atoms in total. The van der Waals surface area contributed by atoms with Gasteiger partial charge in [0.25, 0.3) is 5.56 Å². The third-order valence-corrected chi connectivity index (χ3v) is 5.03. The van der Waals surface area contributed by atoms with Crippen molar-refractivity contribution in [1.29, 1.82) is 5.26 Å². The molecule has 0 unspecified atom stereocenters. The number of rotatable bonds is 5. The Labute approximate surface area is 155 Å². The second-order valence-electron chi connectivity index (χ2n) is 5.60. The van der Waals surface area contributed by atoms with Gasteiger partial charge in [0, 0.05) is 22.9 Å². The molecule has 0 bridgehead atoms. The SMILES string of the molecule is CCn1c(=O)cc(SCC(=O)Nc2ccccc2C#N)c2ccccc21. The first-order chi connectivity index (χ1) is 12.6. The summed E-state index contributed by atoms with van der Waals surface area (Å²) < 4.78 is 1.71. The van der Waals surface area contributed by atoms with Crippen molar-refractivity contribution in [3.63, 3.8) is 0 Å². The van der Waals surface area contributed by atoms with E-state index in [9.17, 15) is 9.59 Å². The molecule has 0 aliphatic heterocycles. The van der Waals surface area contributed by atoms with Gasteiger partial charge in [-0.15, -0.1) is 11.8 Å². The van der Waals surface area contributed by atoms with Crippen LogP contribution in [0, 0.1) is 11.3 Å². The van der Waals surface area contributed by atoms with Crippen molar-refractivity contribution < 1.29 is 4.79 Å². The second-order valence-corrected chi connectivity index (χ2v) is 6.62. The molecule has 1 amide bonds. The van der Waals surface area contributed by atoms with Gasteiger partial charge in [0.2, 0.25) is 5.91 Å². The summed E-state index contributed by atoms with van der Waals surface area (Å²) in [4.78, 5) is 25.4. The number of nitrogens with zero attached hydrogens (tertiary/aromatic N) is 2. The Kier molecular flexibility index (Phi) is 5.40. The van der Waals surface area contributed by atoms with Crippen molar-refractivity contribution in [2.24, 2.45) is 0 Å². The number of pyridine rings is 1. The normalized spacial score (nSPS) is 10.5. The quantitative estimate of drug-likeness (QED) is 0.703. The molecule has 0 saturated heterocycles. The van der Waals surface area contributed by atoms with Crippen LogP contribution in [0.1, 0.15) is 12.5 Å². The summed E-state index contributed by atoms with van der Waals surface area (Å²) in [6.07, 6.45) is 0. The number of anilines is 1. The number of benzene rings is 2. The fraction of sp³-hybridized carbons (Fsp3) is 0.150. The molecule has 0 spiro atoms. The maximum absolute atomic E-state index is 12.3. The summed E-state index contributed by atoms with van der Waals surface area (Å²) >= 11 is 1.32. The third kappa shape index (κ3) is 3.63. The molecule has 0 saturated carbocycles. The second kappa shape index (κ2) is 7.89. The summed E-state index contributed by atoms with van der Waals surface area (Å²) in [6.45, 7) is 2.52. The molecule has 3 rings (SSSR count). The molecular formula is C20H17N3O2S. The Morgan fingerprint density at radius 1 is 1.19 bits per heavy atom. The molecule has 0 radical (unpaired) electrons. The van der Waals surface area contributed by atoms with E-state index in [1.54, 1.807) is 34.9 Å². The van der Waals surface area contributed by atoms with Crippen molar-refractivity contribution in [2.45, 2.75) is 18.4 Å². The minimum Gasteiger partial charge on any atom is -0.324 e. The van der Waals surface area contributed by atoms with Gasteiger partial charge < -0.3 is 9.88 Å². The van der Waals surface area contributed by atoms with Gasteiger partial charge in [-0.1, -0.05) is 30.3 Å². The number of nitrogens with one attached hydrogen (secondary N) is 1. The first-order valence-corrected chi connectivity index (χ1v) is 9.17. The van der Waals surface area contributed by atoms with E-state index in [0.29, 0.717) is 17.8 Å². The van der Waals surface area contributed by atoms with Crippen LogP contribution in [0.25, 0.3) is 10.9 Å². The molecule has 26 heavy (non-hydrogen) atoms. The van der Waals surface area contributed by atoms with Crippen molar-refractivity contribution in [1.82, 2.24) is 4.57 Å². The average Bonchev–Trinajstić information content (AvgIpc) is 2.66. The molecule has 0 fully saturated rings. The van der Waals surface area contributed by atoms with Gasteiger partial charge >= 0.3 is 0 Å². The fourth-order valence-corrected chi connectivity index (χ4v) is 3.64. The highest BCUT2D eigenvalue weighted by Gasteiger charge is 2.11. The van der Waals surface area contributed by atoms with Crippen LogP contribution in [0.2, 0.25) is 0 Å². The number of aromatic nitrogens is 1. The van der Waals surface area contributed by atoms with E-state index in [1.165, 1.54) is 11.8 Å². The van der Waals surface area contributed by atoms with E-state index >= 15 is 0 Å². The van der Waals surface area contributed by atoms with E-state index in [-0.39, 0.29) is 17.2 Å². The highest BCUT2D eigenvalue weighted by atomic mass is 32.2. The smallest absolute Gasteiger partial charge is 0.252 e. The van der Waals surface area contributed by atoms with E-state index in [0.717, 1.165) is 15.8 Å². The van der Waals surface area contributed by atoms with E-state index < -0.39 is 0 Å². The number of amides is 1. The molecule has 0 atom stereocenters. The van der Waals surface area contributed by atoms with Crippen LogP contribution in [0.4, 0.5) is 5.69 Å². The predicted octanol–water partition coefficient (Wildman–Crippen LogP) is 3.62. The van der Waals surface area contributed by atoms with Gasteiger partial charge in [-0.2, -0.15) is 5.26 Å². The number of para-hydroxylation sites is 2. The van der Waals surface area contributed by atoms with Crippen molar-refractivity contribution in [2.75, 3.05) is 11.1 Å². The third-order valence-electron chi connectivity index (χ3n) is 3.98. The molecule has 0 aliphatic carbocycles. The zero-order valence-corrected chi connectivity index (χ0v) is 15.0. The summed E-state index contributed by atoms with van der Waals surface area (Å²) in [5.41, 5.74) is 1.69. The lowest BCUT2D eigenvalue weighted by molar-refractivity contribution is -0.113. The molecular weight excluding hydrogens is 346 g/mol. The van der Waals surface area contributed by atoms with Crippen LogP contribution in [-0.4, -0.2) is 16.2 Å². The van der Waals surface area contributed by atoms with Crippen molar-refractivity contribution in [3.05, 3.63) is 70.5 Å². The lowest BCUT2D eigenvalue weighted by Gasteiger charge is -2.12. The molecule has 2 aromatic carbocycles. The number of thioether (sulfide) groups is 1. The van der Waals surface area contributed by atoms with Gasteiger partial charge in [0.05, 0.1) is 22.5 Å². The highest BCUT2D eigenvalue weighted by molar-refractivity contribution is 8.00. The predicted molar refractivity (Wildman–Crippen MR) is 104 cm³/mol. The standard InChI is InChI=1S/C20H17N3O2S/c1-2-23-17-10-6-4-8-15(17)18(11-20(23)25)26-13-19(24)22-16-9-5-3-7-14(16)12-21/h3-11H,2,13H2,1H3,(H,22,24). The zero-order chi connectivity index (χ0) is 18.5. The lowest BCUT2D eigenvalue weighted by Crippen LogP contribution is -2.19. The summed E-state index contributed by atoms with van der Waals surface area (Å²) in [5.74, 6) is -0.0688. The minimum absolute atomic E-state index is 0.0797. The van der Waals surface area contributed by atoms with Crippen molar-refractivity contribution in [3.8, 4) is 6.07 Å². The molecule has 3 aromatic rings. The van der Waals surface area contributed by atoms with Gasteiger partial charge in [0.1, 0.15) is 6.07 Å². The maximum atomic E-state index is 12.3. The molecule has 1 N–H and O–H groups in total. The van der Waals surface area contributed by atoms with Crippen LogP contribution in [0.15, 0.2) is 64.3 Å². The average molecular weight is 363 g/mol. The molecule has 0 aliphatic rings. The summed E-state index contributed by atoms with van der Waals surface area (Å²) in [5, 5.41) is 12.8. The van der Waals surface area contributed by atoms with Crippen LogP contribution in [0.3, 0.4) is 0 Å². The molecule has 1 aromatic heterocycles. The fourth-order valence-electron chi connectivity index (χ4n) is 2.77. The number of carbonyl (C=O) groups excluding carboxylic acids is 1. The Bertz CT molecular complexity index is 1070. The first-order valence-electron chi connectivity index (χ1n) is 8.18. The highest BCUT2D eigenvalue weighted by Crippen LogP contribution is 2.26. The Balaban J connectivity index is 1.81. The van der Waals surface area contributed by atoms with Crippen LogP contribution in [0.5, 0.6) is 0 Å². The first kappa shape index (κ1) is 17.8. The number of hydrogen-bond donors (Lipinski definition) is 1. The minimum atomic E-state index is -0.221. The number of aryl methyl sites for hydroxylation is 1. The molecule has 6 heteroatoms. The molecule has 130 valence electrons. The van der Waals surface area contributed by atoms with Gasteiger partial charge in [-0.05, 0) is 25.1 Å². The van der Waals surface area contributed by atoms with Gasteiger partial charge in [-0.3, -0.25) is 9.59 Å². The van der Waals surface area contributed by atoms with Crippen LogP contribution < -0.4 is 10.9 Å². The summed E-state index contributed by atoms with van der Waals surface area (Å²) in [7, 11) is 0. The number of carbonyl (C=O) groups is 1. The van der Waals surface area contributed by atoms with E-state index in [1.807, 2.05) is 31.2 Å². The Morgan fingerprint density at radius 2 is 1.92 bits per heavy atom. The van der Waals surface area contributed by atoms with Gasteiger partial charge in [-0.25, -0.2) is 0 Å². The van der Waals surface area contributed by atoms with E-state index in [4.69, 9.17) is 5.26 Å². The topological polar surface area (TPSA) is 74.9 Å². The monoisotopic (exact) mass is 363 g/mol. The zero-order valence-electron chi connectivity index (χ0n) is 14.2. The summed E-state index contributed by atoms with van der Waals surface area (Å²) in [6, 6.07) is 18.2. The Morgan fingerprint density at radius 3 is 2.69 bits per heavy atom. The number of nitriles is 1. The lowest BCUT2D eigenvalue weighted by atomic mass is 10.2.